The van der Waals surface area contributed by atoms with Gasteiger partial charge in [0.25, 0.3) is 0 Å². The maximum absolute atomic E-state index is 12.9. The van der Waals surface area contributed by atoms with Crippen molar-refractivity contribution in [1.29, 1.82) is 0 Å². The van der Waals surface area contributed by atoms with Crippen molar-refractivity contribution >= 4 is 23.2 Å². The lowest BCUT2D eigenvalue weighted by molar-refractivity contribution is -0.157. The van der Waals surface area contributed by atoms with Gasteiger partial charge in [-0.15, -0.1) is 0 Å². The van der Waals surface area contributed by atoms with E-state index < -0.39 is 12.2 Å². The highest BCUT2D eigenvalue weighted by atomic mass is 35.5. The number of nitrogens with one attached hydrogen (secondary N) is 1. The third-order valence-corrected chi connectivity index (χ3v) is 3.05. The molecule has 0 aliphatic carbocycles. The van der Waals surface area contributed by atoms with Crippen LogP contribution in [0.3, 0.4) is 0 Å². The zero-order valence-corrected chi connectivity index (χ0v) is 10.6. The van der Waals surface area contributed by atoms with Crippen molar-refractivity contribution in [1.82, 2.24) is 5.32 Å². The van der Waals surface area contributed by atoms with Gasteiger partial charge in [-0.1, -0.05) is 42.3 Å². The summed E-state index contributed by atoms with van der Waals surface area (Å²) in [4.78, 5) is 0. The van der Waals surface area contributed by atoms with Crippen LogP contribution >= 0.6 is 23.2 Å². The fraction of sp³-hybridized carbons (Fsp3) is 0.455. The van der Waals surface area contributed by atoms with Crippen LogP contribution in [0.2, 0.25) is 10.0 Å². The van der Waals surface area contributed by atoms with E-state index in [-0.39, 0.29) is 22.2 Å². The van der Waals surface area contributed by atoms with Gasteiger partial charge in [0.2, 0.25) is 0 Å². The molecule has 96 valence electrons. The molecule has 1 aromatic rings. The van der Waals surface area contributed by atoms with E-state index in [2.05, 4.69) is 5.32 Å². The molecule has 0 fully saturated rings. The summed E-state index contributed by atoms with van der Waals surface area (Å²) in [6.07, 6.45) is -3.80. The number of benzene rings is 1. The molecule has 1 nitrogen and oxygen atoms in total. The van der Waals surface area contributed by atoms with E-state index in [9.17, 15) is 13.2 Å². The van der Waals surface area contributed by atoms with Crippen molar-refractivity contribution in [2.45, 2.75) is 25.6 Å². The van der Waals surface area contributed by atoms with Crippen molar-refractivity contribution in [2.75, 3.05) is 6.54 Å². The van der Waals surface area contributed by atoms with Crippen LogP contribution in [-0.4, -0.2) is 12.7 Å². The van der Waals surface area contributed by atoms with E-state index in [1.54, 1.807) is 6.92 Å². The van der Waals surface area contributed by atoms with Crippen LogP contribution < -0.4 is 5.32 Å². The molecular formula is C11H12Cl2F3N. The third-order valence-electron chi connectivity index (χ3n) is 2.22. The van der Waals surface area contributed by atoms with Gasteiger partial charge in [0.15, 0.2) is 0 Å². The minimum atomic E-state index is -4.40. The van der Waals surface area contributed by atoms with Crippen molar-refractivity contribution in [2.24, 2.45) is 0 Å². The van der Waals surface area contributed by atoms with Crippen LogP contribution in [0.4, 0.5) is 13.2 Å². The molecule has 6 heteroatoms. The Bertz CT molecular complexity index is 379. The second-order valence-corrected chi connectivity index (χ2v) is 4.36. The lowest BCUT2D eigenvalue weighted by Crippen LogP contribution is -2.34. The number of halogens is 5. The monoisotopic (exact) mass is 285 g/mol. The van der Waals surface area contributed by atoms with Gasteiger partial charge in [-0.2, -0.15) is 13.2 Å². The lowest BCUT2D eigenvalue weighted by Gasteiger charge is -2.23. The molecule has 0 heterocycles. The molecule has 0 saturated heterocycles. The smallest absolute Gasteiger partial charge is 0.302 e. The molecular weight excluding hydrogens is 274 g/mol. The maximum Gasteiger partial charge on any atom is 0.407 e. The van der Waals surface area contributed by atoms with Crippen LogP contribution in [0.15, 0.2) is 18.2 Å². The predicted octanol–water partition coefficient (Wildman–Crippen LogP) is 4.60. The number of hydrogen-bond donors (Lipinski definition) is 1. The van der Waals surface area contributed by atoms with Gasteiger partial charge in [-0.3, -0.25) is 0 Å². The SMILES string of the molecule is CCCNC(c1cccc(Cl)c1Cl)C(F)(F)F. The minimum Gasteiger partial charge on any atom is -0.302 e. The first-order valence-corrected chi connectivity index (χ1v) is 5.87. The quantitative estimate of drug-likeness (QED) is 0.853. The average Bonchev–Trinajstić information content (AvgIpc) is 2.22. The second kappa shape index (κ2) is 5.94. The Balaban J connectivity index is 3.09. The minimum absolute atomic E-state index is 0.0416. The van der Waals surface area contributed by atoms with Crippen molar-refractivity contribution in [3.63, 3.8) is 0 Å². The first-order valence-electron chi connectivity index (χ1n) is 5.12. The summed E-state index contributed by atoms with van der Waals surface area (Å²) in [5.41, 5.74) is -0.0416. The molecule has 1 N–H and O–H groups in total. The van der Waals surface area contributed by atoms with Gasteiger partial charge < -0.3 is 5.32 Å². The summed E-state index contributed by atoms with van der Waals surface area (Å²) in [5.74, 6) is 0. The molecule has 0 radical (unpaired) electrons. The summed E-state index contributed by atoms with van der Waals surface area (Å²) in [7, 11) is 0. The zero-order valence-electron chi connectivity index (χ0n) is 9.11. The predicted molar refractivity (Wildman–Crippen MR) is 63.6 cm³/mol. The molecule has 1 aromatic carbocycles. The number of hydrogen-bond acceptors (Lipinski definition) is 1. The summed E-state index contributed by atoms with van der Waals surface area (Å²) >= 11 is 11.5. The Hall–Kier alpha value is -0.450. The third kappa shape index (κ3) is 3.76. The van der Waals surface area contributed by atoms with Gasteiger partial charge in [-0.05, 0) is 24.6 Å². The van der Waals surface area contributed by atoms with E-state index in [1.165, 1.54) is 18.2 Å². The normalized spacial score (nSPS) is 13.8. The van der Waals surface area contributed by atoms with E-state index in [1.807, 2.05) is 0 Å². The molecule has 0 aliphatic rings. The maximum atomic E-state index is 12.9. The fourth-order valence-corrected chi connectivity index (χ4v) is 1.85. The highest BCUT2D eigenvalue weighted by Crippen LogP contribution is 2.38. The topological polar surface area (TPSA) is 12.0 Å². The standard InChI is InChI=1S/C11H12Cl2F3N/c1-2-6-17-10(11(14,15)16)7-4-3-5-8(12)9(7)13/h3-5,10,17H,2,6H2,1H3. The fourth-order valence-electron chi connectivity index (χ4n) is 1.43. The van der Waals surface area contributed by atoms with Gasteiger partial charge in [0.1, 0.15) is 6.04 Å². The van der Waals surface area contributed by atoms with Crippen molar-refractivity contribution < 1.29 is 13.2 Å². The highest BCUT2D eigenvalue weighted by Gasteiger charge is 2.41. The average molecular weight is 286 g/mol. The summed E-state index contributed by atoms with van der Waals surface area (Å²) in [5, 5.41) is 2.49. The molecule has 0 saturated carbocycles. The van der Waals surface area contributed by atoms with E-state index in [0.717, 1.165) is 0 Å². The molecule has 17 heavy (non-hydrogen) atoms. The Morgan fingerprint density at radius 2 is 1.94 bits per heavy atom. The summed E-state index contributed by atoms with van der Waals surface area (Å²) < 4.78 is 38.6. The highest BCUT2D eigenvalue weighted by molar-refractivity contribution is 6.42. The van der Waals surface area contributed by atoms with E-state index in [0.29, 0.717) is 6.42 Å². The van der Waals surface area contributed by atoms with Crippen molar-refractivity contribution in [3.05, 3.63) is 33.8 Å². The van der Waals surface area contributed by atoms with E-state index >= 15 is 0 Å². The molecule has 1 atom stereocenters. The van der Waals surface area contributed by atoms with Gasteiger partial charge in [-0.25, -0.2) is 0 Å². The van der Waals surface area contributed by atoms with Gasteiger partial charge in [0.05, 0.1) is 10.0 Å². The Kier molecular flexibility index (Phi) is 5.10. The molecule has 0 spiro atoms. The number of rotatable bonds is 4. The second-order valence-electron chi connectivity index (χ2n) is 3.57. The molecule has 0 bridgehead atoms. The van der Waals surface area contributed by atoms with Crippen molar-refractivity contribution in [3.8, 4) is 0 Å². The molecule has 0 amide bonds. The Morgan fingerprint density at radius 1 is 1.29 bits per heavy atom. The molecule has 0 aromatic heterocycles. The summed E-state index contributed by atoms with van der Waals surface area (Å²) in [6.45, 7) is 2.05. The van der Waals surface area contributed by atoms with Crippen LogP contribution in [0, 0.1) is 0 Å². The van der Waals surface area contributed by atoms with Gasteiger partial charge >= 0.3 is 6.18 Å². The summed E-state index contributed by atoms with van der Waals surface area (Å²) in [6, 6.07) is 2.46. The van der Waals surface area contributed by atoms with Crippen LogP contribution in [0.1, 0.15) is 24.9 Å². The van der Waals surface area contributed by atoms with E-state index in [4.69, 9.17) is 23.2 Å². The Morgan fingerprint density at radius 3 is 2.47 bits per heavy atom. The first kappa shape index (κ1) is 14.6. The van der Waals surface area contributed by atoms with Crippen LogP contribution in [-0.2, 0) is 0 Å². The molecule has 1 unspecified atom stereocenters. The Labute approximate surface area is 108 Å². The first-order chi connectivity index (χ1) is 7.88. The van der Waals surface area contributed by atoms with Gasteiger partial charge in [0, 0.05) is 0 Å². The number of alkyl halides is 3. The largest absolute Gasteiger partial charge is 0.407 e. The lowest BCUT2D eigenvalue weighted by atomic mass is 10.1. The van der Waals surface area contributed by atoms with Crippen LogP contribution in [0.5, 0.6) is 0 Å². The van der Waals surface area contributed by atoms with Crippen LogP contribution in [0.25, 0.3) is 0 Å². The molecule has 1 rings (SSSR count). The molecule has 0 aliphatic heterocycles. The zero-order chi connectivity index (χ0) is 13.1.